The predicted octanol–water partition coefficient (Wildman–Crippen LogP) is 3.47. The van der Waals surface area contributed by atoms with Gasteiger partial charge in [-0.3, -0.25) is 0 Å². The summed E-state index contributed by atoms with van der Waals surface area (Å²) in [6.07, 6.45) is 7.39. The monoisotopic (exact) mass is 259 g/mol. The average Bonchev–Trinajstić information content (AvgIpc) is 3.28. The Kier molecular flexibility index (Phi) is 3.64. The van der Waals surface area contributed by atoms with E-state index in [0.717, 1.165) is 12.8 Å². The molecule has 2 nitrogen and oxygen atoms in total. The molecule has 0 spiro atoms. The Morgan fingerprint density at radius 3 is 2.47 bits per heavy atom. The Morgan fingerprint density at radius 2 is 1.84 bits per heavy atom. The lowest BCUT2D eigenvalue weighted by molar-refractivity contribution is -0.0636. The van der Waals surface area contributed by atoms with E-state index in [1.807, 2.05) is 7.11 Å². The minimum atomic E-state index is -0.0492. The van der Waals surface area contributed by atoms with E-state index < -0.39 is 0 Å². The molecule has 3 rings (SSSR count). The molecule has 2 saturated carbocycles. The molecule has 0 saturated heterocycles. The van der Waals surface area contributed by atoms with Crippen LogP contribution < -0.4 is 5.73 Å². The first-order valence-electron chi connectivity index (χ1n) is 7.62. The van der Waals surface area contributed by atoms with Crippen molar-refractivity contribution in [3.63, 3.8) is 0 Å². The van der Waals surface area contributed by atoms with Crippen LogP contribution in [0.2, 0.25) is 0 Å². The molecule has 104 valence electrons. The van der Waals surface area contributed by atoms with Gasteiger partial charge in [-0.2, -0.15) is 0 Å². The van der Waals surface area contributed by atoms with E-state index in [4.69, 9.17) is 10.5 Å². The van der Waals surface area contributed by atoms with Crippen LogP contribution in [0.4, 0.5) is 0 Å². The van der Waals surface area contributed by atoms with Gasteiger partial charge in [0, 0.05) is 13.2 Å². The summed E-state index contributed by atoms with van der Waals surface area (Å²) in [7, 11) is 1.85. The van der Waals surface area contributed by atoms with Gasteiger partial charge in [-0.15, -0.1) is 0 Å². The summed E-state index contributed by atoms with van der Waals surface area (Å²) in [5, 5.41) is 0. The largest absolute Gasteiger partial charge is 0.377 e. The number of ether oxygens (including phenoxy) is 1. The Bertz CT molecular complexity index is 411. The highest BCUT2D eigenvalue weighted by molar-refractivity contribution is 5.27. The van der Waals surface area contributed by atoms with E-state index >= 15 is 0 Å². The molecular weight excluding hydrogens is 234 g/mol. The third kappa shape index (κ3) is 2.44. The number of benzene rings is 1. The van der Waals surface area contributed by atoms with Gasteiger partial charge in [-0.25, -0.2) is 0 Å². The molecule has 0 heterocycles. The standard InChI is InChI=1S/C17H25NO/c1-19-17(10-6-3-7-11-17)16(18)15-12-14(15)13-8-4-2-5-9-13/h2,4-5,8-9,14-16H,3,6-7,10-12,18H2,1H3. The van der Waals surface area contributed by atoms with Crippen LogP contribution in [0.3, 0.4) is 0 Å². The van der Waals surface area contributed by atoms with Crippen LogP contribution in [0, 0.1) is 5.92 Å². The van der Waals surface area contributed by atoms with Gasteiger partial charge in [0.15, 0.2) is 0 Å². The maximum atomic E-state index is 6.60. The molecule has 3 unspecified atom stereocenters. The van der Waals surface area contributed by atoms with Gasteiger partial charge in [0.2, 0.25) is 0 Å². The van der Waals surface area contributed by atoms with E-state index in [2.05, 4.69) is 30.3 Å². The molecule has 0 bridgehead atoms. The molecule has 2 fully saturated rings. The lowest BCUT2D eigenvalue weighted by Crippen LogP contribution is -2.52. The lowest BCUT2D eigenvalue weighted by Gasteiger charge is -2.41. The Labute approximate surface area is 116 Å². The van der Waals surface area contributed by atoms with E-state index in [1.54, 1.807) is 0 Å². The lowest BCUT2D eigenvalue weighted by atomic mass is 9.77. The van der Waals surface area contributed by atoms with Crippen LogP contribution in [0.25, 0.3) is 0 Å². The van der Waals surface area contributed by atoms with E-state index in [9.17, 15) is 0 Å². The maximum Gasteiger partial charge on any atom is 0.0831 e. The van der Waals surface area contributed by atoms with Gasteiger partial charge in [-0.05, 0) is 36.7 Å². The number of hydrogen-bond donors (Lipinski definition) is 1. The first-order chi connectivity index (χ1) is 9.27. The summed E-state index contributed by atoms with van der Waals surface area (Å²) in [5.41, 5.74) is 8.00. The number of methoxy groups -OCH3 is 1. The van der Waals surface area contributed by atoms with Crippen molar-refractivity contribution in [3.05, 3.63) is 35.9 Å². The molecule has 0 aliphatic heterocycles. The molecule has 0 radical (unpaired) electrons. The van der Waals surface area contributed by atoms with Crippen LogP contribution in [0.15, 0.2) is 30.3 Å². The van der Waals surface area contributed by atoms with Crippen molar-refractivity contribution in [3.8, 4) is 0 Å². The molecule has 2 aliphatic rings. The highest BCUT2D eigenvalue weighted by Gasteiger charge is 2.51. The van der Waals surface area contributed by atoms with Crippen LogP contribution >= 0.6 is 0 Å². The molecule has 19 heavy (non-hydrogen) atoms. The zero-order valence-corrected chi connectivity index (χ0v) is 11.8. The smallest absolute Gasteiger partial charge is 0.0831 e. The second-order valence-electron chi connectivity index (χ2n) is 6.27. The van der Waals surface area contributed by atoms with E-state index in [0.29, 0.717) is 11.8 Å². The first-order valence-corrected chi connectivity index (χ1v) is 7.62. The van der Waals surface area contributed by atoms with E-state index in [-0.39, 0.29) is 11.6 Å². The van der Waals surface area contributed by atoms with Crippen molar-refractivity contribution in [2.24, 2.45) is 11.7 Å². The Hall–Kier alpha value is -0.860. The molecule has 2 aliphatic carbocycles. The van der Waals surface area contributed by atoms with Crippen molar-refractivity contribution in [1.82, 2.24) is 0 Å². The van der Waals surface area contributed by atoms with Gasteiger partial charge in [0.1, 0.15) is 0 Å². The Morgan fingerprint density at radius 1 is 1.16 bits per heavy atom. The van der Waals surface area contributed by atoms with E-state index in [1.165, 1.54) is 31.2 Å². The third-order valence-electron chi connectivity index (χ3n) is 5.24. The SMILES string of the molecule is COC1(C(N)C2CC2c2ccccc2)CCCCC1. The third-order valence-corrected chi connectivity index (χ3v) is 5.24. The minimum Gasteiger partial charge on any atom is -0.377 e. The zero-order chi connectivity index (χ0) is 13.3. The quantitative estimate of drug-likeness (QED) is 0.898. The minimum absolute atomic E-state index is 0.0492. The summed E-state index contributed by atoms with van der Waals surface area (Å²) in [5.74, 6) is 1.27. The summed E-state index contributed by atoms with van der Waals surface area (Å²) >= 11 is 0. The Balaban J connectivity index is 1.70. The van der Waals surface area contributed by atoms with Gasteiger partial charge < -0.3 is 10.5 Å². The van der Waals surface area contributed by atoms with Gasteiger partial charge in [-0.1, -0.05) is 49.6 Å². The number of rotatable bonds is 4. The van der Waals surface area contributed by atoms with Crippen molar-refractivity contribution in [2.45, 2.75) is 56.1 Å². The maximum absolute atomic E-state index is 6.60. The van der Waals surface area contributed by atoms with Crippen LogP contribution in [-0.4, -0.2) is 18.8 Å². The van der Waals surface area contributed by atoms with Crippen molar-refractivity contribution in [2.75, 3.05) is 7.11 Å². The first kappa shape index (κ1) is 13.1. The fraction of sp³-hybridized carbons (Fsp3) is 0.647. The second kappa shape index (κ2) is 5.26. The number of nitrogens with two attached hydrogens (primary N) is 1. The fourth-order valence-electron chi connectivity index (χ4n) is 3.91. The summed E-state index contributed by atoms with van der Waals surface area (Å²) in [6, 6.07) is 11.0. The van der Waals surface area contributed by atoms with Crippen molar-refractivity contribution >= 4 is 0 Å². The average molecular weight is 259 g/mol. The van der Waals surface area contributed by atoms with Gasteiger partial charge in [0.05, 0.1) is 5.60 Å². The normalized spacial score (nSPS) is 30.8. The highest BCUT2D eigenvalue weighted by atomic mass is 16.5. The second-order valence-corrected chi connectivity index (χ2v) is 6.27. The van der Waals surface area contributed by atoms with Crippen LogP contribution in [0.5, 0.6) is 0 Å². The molecule has 1 aromatic rings. The van der Waals surface area contributed by atoms with Gasteiger partial charge in [0.25, 0.3) is 0 Å². The van der Waals surface area contributed by atoms with Gasteiger partial charge >= 0.3 is 0 Å². The summed E-state index contributed by atoms with van der Waals surface area (Å²) in [4.78, 5) is 0. The van der Waals surface area contributed by atoms with Crippen LogP contribution in [-0.2, 0) is 4.74 Å². The molecule has 3 atom stereocenters. The van der Waals surface area contributed by atoms with Crippen LogP contribution in [0.1, 0.15) is 50.0 Å². The topological polar surface area (TPSA) is 35.2 Å². The summed E-state index contributed by atoms with van der Waals surface area (Å²) in [6.45, 7) is 0. The molecular formula is C17H25NO. The fourth-order valence-corrected chi connectivity index (χ4v) is 3.91. The summed E-state index contributed by atoms with van der Waals surface area (Å²) < 4.78 is 5.90. The molecule has 1 aromatic carbocycles. The van der Waals surface area contributed by atoms with Crippen molar-refractivity contribution < 1.29 is 4.74 Å². The zero-order valence-electron chi connectivity index (χ0n) is 11.8. The predicted molar refractivity (Wildman–Crippen MR) is 78.1 cm³/mol. The van der Waals surface area contributed by atoms with Crippen molar-refractivity contribution in [1.29, 1.82) is 0 Å². The molecule has 0 aromatic heterocycles. The number of hydrogen-bond acceptors (Lipinski definition) is 2. The molecule has 2 N–H and O–H groups in total. The molecule has 2 heteroatoms. The molecule has 0 amide bonds. The highest BCUT2D eigenvalue weighted by Crippen LogP contribution is 2.53.